The first-order valence-electron chi connectivity index (χ1n) is 4.98. The Kier molecular flexibility index (Phi) is 7.38. The topological polar surface area (TPSA) is 81.4 Å². The number of hydrogen-bond donors (Lipinski definition) is 1. The zero-order valence-electron chi connectivity index (χ0n) is 9.47. The molecule has 1 atom stereocenters. The summed E-state index contributed by atoms with van der Waals surface area (Å²) in [7, 11) is 0. The standard InChI is InChI=1S/C10H16N2O3S/c1-3-12(5-8(2)4-11)9(13)6-16-7-10(14)15/h8H,3,5-7H2,1-2H3,(H,14,15). The van der Waals surface area contributed by atoms with Gasteiger partial charge in [-0.3, -0.25) is 9.59 Å². The van der Waals surface area contributed by atoms with E-state index < -0.39 is 5.97 Å². The van der Waals surface area contributed by atoms with Crippen LogP contribution in [0, 0.1) is 17.2 Å². The normalized spacial score (nSPS) is 11.6. The molecule has 6 heteroatoms. The number of hydrogen-bond acceptors (Lipinski definition) is 4. The lowest BCUT2D eigenvalue weighted by molar-refractivity contribution is -0.133. The molecule has 16 heavy (non-hydrogen) atoms. The predicted molar refractivity (Wildman–Crippen MR) is 62.0 cm³/mol. The summed E-state index contributed by atoms with van der Waals surface area (Å²) in [4.78, 5) is 23.4. The molecule has 0 bridgehead atoms. The Labute approximate surface area is 99.4 Å². The van der Waals surface area contributed by atoms with Crippen molar-refractivity contribution in [2.75, 3.05) is 24.6 Å². The number of carbonyl (C=O) groups is 2. The number of carbonyl (C=O) groups excluding carboxylic acids is 1. The first-order valence-corrected chi connectivity index (χ1v) is 6.13. The van der Waals surface area contributed by atoms with Crippen LogP contribution in [-0.2, 0) is 9.59 Å². The highest BCUT2D eigenvalue weighted by Crippen LogP contribution is 2.05. The third kappa shape index (κ3) is 6.30. The Morgan fingerprint density at radius 3 is 2.56 bits per heavy atom. The van der Waals surface area contributed by atoms with E-state index in [0.29, 0.717) is 13.1 Å². The van der Waals surface area contributed by atoms with Gasteiger partial charge in [-0.1, -0.05) is 0 Å². The fourth-order valence-electron chi connectivity index (χ4n) is 1.10. The smallest absolute Gasteiger partial charge is 0.313 e. The van der Waals surface area contributed by atoms with Crippen LogP contribution < -0.4 is 0 Å². The van der Waals surface area contributed by atoms with Crippen LogP contribution in [0.2, 0.25) is 0 Å². The Morgan fingerprint density at radius 1 is 1.50 bits per heavy atom. The van der Waals surface area contributed by atoms with E-state index in [1.807, 2.05) is 6.92 Å². The molecule has 90 valence electrons. The molecule has 1 N–H and O–H groups in total. The van der Waals surface area contributed by atoms with E-state index in [4.69, 9.17) is 10.4 Å². The molecule has 1 amide bonds. The van der Waals surface area contributed by atoms with Gasteiger partial charge in [0.1, 0.15) is 0 Å². The minimum Gasteiger partial charge on any atom is -0.481 e. The number of aliphatic carboxylic acids is 1. The van der Waals surface area contributed by atoms with Crippen molar-refractivity contribution in [2.24, 2.45) is 5.92 Å². The molecule has 0 aliphatic rings. The van der Waals surface area contributed by atoms with Crippen LogP contribution >= 0.6 is 11.8 Å². The lowest BCUT2D eigenvalue weighted by atomic mass is 10.2. The zero-order valence-corrected chi connectivity index (χ0v) is 10.3. The molecular formula is C10H16N2O3S. The number of rotatable bonds is 7. The Hall–Kier alpha value is -1.22. The van der Waals surface area contributed by atoms with Crippen LogP contribution in [0.15, 0.2) is 0 Å². The van der Waals surface area contributed by atoms with E-state index in [1.54, 1.807) is 11.8 Å². The Balaban J connectivity index is 4.02. The van der Waals surface area contributed by atoms with Gasteiger partial charge < -0.3 is 10.0 Å². The van der Waals surface area contributed by atoms with Crippen molar-refractivity contribution in [3.8, 4) is 6.07 Å². The largest absolute Gasteiger partial charge is 0.481 e. The Morgan fingerprint density at radius 2 is 2.12 bits per heavy atom. The summed E-state index contributed by atoms with van der Waals surface area (Å²) >= 11 is 1.07. The first-order chi connectivity index (χ1) is 7.51. The maximum atomic E-state index is 11.6. The predicted octanol–water partition coefficient (Wildman–Crippen LogP) is 0.812. The number of thioether (sulfide) groups is 1. The molecule has 0 saturated heterocycles. The SMILES string of the molecule is CCN(CC(C)C#N)C(=O)CSCC(=O)O. The molecule has 0 fully saturated rings. The summed E-state index contributed by atoms with van der Waals surface area (Å²) in [5, 5.41) is 17.1. The van der Waals surface area contributed by atoms with E-state index in [2.05, 4.69) is 6.07 Å². The second-order valence-electron chi connectivity index (χ2n) is 3.35. The van der Waals surface area contributed by atoms with E-state index in [-0.39, 0.29) is 23.3 Å². The van der Waals surface area contributed by atoms with Gasteiger partial charge in [0.2, 0.25) is 5.91 Å². The van der Waals surface area contributed by atoms with Crippen LogP contribution in [0.25, 0.3) is 0 Å². The minimum absolute atomic E-state index is 0.0723. The summed E-state index contributed by atoms with van der Waals surface area (Å²) in [5.41, 5.74) is 0. The van der Waals surface area contributed by atoms with Crippen LogP contribution in [0.5, 0.6) is 0 Å². The molecule has 0 radical (unpaired) electrons. The average Bonchev–Trinajstić information content (AvgIpc) is 2.24. The maximum Gasteiger partial charge on any atom is 0.313 e. The summed E-state index contributed by atoms with van der Waals surface area (Å²) in [6.07, 6.45) is 0. The zero-order chi connectivity index (χ0) is 12.6. The van der Waals surface area contributed by atoms with Crippen molar-refractivity contribution in [1.82, 2.24) is 4.90 Å². The van der Waals surface area contributed by atoms with Crippen molar-refractivity contribution in [3.05, 3.63) is 0 Å². The molecular weight excluding hydrogens is 228 g/mol. The molecule has 0 aromatic carbocycles. The van der Waals surface area contributed by atoms with Crippen molar-refractivity contribution in [1.29, 1.82) is 5.26 Å². The second kappa shape index (κ2) is 7.99. The first kappa shape index (κ1) is 14.8. The van der Waals surface area contributed by atoms with Gasteiger partial charge in [0, 0.05) is 13.1 Å². The quantitative estimate of drug-likeness (QED) is 0.716. The molecule has 5 nitrogen and oxygen atoms in total. The summed E-state index contributed by atoms with van der Waals surface area (Å²) in [6, 6.07) is 2.06. The molecule has 0 aliphatic carbocycles. The number of nitrogens with zero attached hydrogens (tertiary/aromatic N) is 2. The van der Waals surface area contributed by atoms with Crippen molar-refractivity contribution in [3.63, 3.8) is 0 Å². The highest BCUT2D eigenvalue weighted by molar-refractivity contribution is 8.00. The summed E-state index contributed by atoms with van der Waals surface area (Å²) < 4.78 is 0. The van der Waals surface area contributed by atoms with Gasteiger partial charge in [0.05, 0.1) is 23.5 Å². The Bertz CT molecular complexity index is 288. The van der Waals surface area contributed by atoms with Crippen LogP contribution in [0.3, 0.4) is 0 Å². The average molecular weight is 244 g/mol. The highest BCUT2D eigenvalue weighted by atomic mass is 32.2. The molecule has 0 aliphatic heterocycles. The van der Waals surface area contributed by atoms with Crippen molar-refractivity contribution in [2.45, 2.75) is 13.8 Å². The van der Waals surface area contributed by atoms with Gasteiger partial charge in [0.25, 0.3) is 0 Å². The van der Waals surface area contributed by atoms with Gasteiger partial charge in [0.15, 0.2) is 0 Å². The van der Waals surface area contributed by atoms with Gasteiger partial charge in [-0.25, -0.2) is 0 Å². The fraction of sp³-hybridized carbons (Fsp3) is 0.700. The third-order valence-corrected chi connectivity index (χ3v) is 2.80. The monoisotopic (exact) mass is 244 g/mol. The van der Waals surface area contributed by atoms with Gasteiger partial charge in [-0.05, 0) is 13.8 Å². The van der Waals surface area contributed by atoms with Crippen LogP contribution in [-0.4, -0.2) is 46.5 Å². The number of carboxylic acid groups (broad SMARTS) is 1. The molecule has 0 aromatic heterocycles. The van der Waals surface area contributed by atoms with Gasteiger partial charge >= 0.3 is 5.97 Å². The molecule has 0 heterocycles. The third-order valence-electron chi connectivity index (χ3n) is 1.90. The maximum absolute atomic E-state index is 11.6. The number of amides is 1. The summed E-state index contributed by atoms with van der Waals surface area (Å²) in [5.74, 6) is -1.16. The van der Waals surface area contributed by atoms with Crippen molar-refractivity contribution < 1.29 is 14.7 Å². The van der Waals surface area contributed by atoms with Gasteiger partial charge in [-0.15, -0.1) is 11.8 Å². The second-order valence-corrected chi connectivity index (χ2v) is 4.33. The van der Waals surface area contributed by atoms with Crippen LogP contribution in [0.4, 0.5) is 0 Å². The lowest BCUT2D eigenvalue weighted by Crippen LogP contribution is -2.35. The van der Waals surface area contributed by atoms with E-state index in [1.165, 1.54) is 0 Å². The molecule has 0 rings (SSSR count). The molecule has 0 spiro atoms. The molecule has 1 unspecified atom stereocenters. The number of carboxylic acids is 1. The van der Waals surface area contributed by atoms with E-state index in [0.717, 1.165) is 11.8 Å². The van der Waals surface area contributed by atoms with E-state index in [9.17, 15) is 9.59 Å². The number of nitriles is 1. The molecule has 0 aromatic rings. The fourth-order valence-corrected chi connectivity index (χ4v) is 1.73. The minimum atomic E-state index is -0.925. The van der Waals surface area contributed by atoms with E-state index >= 15 is 0 Å². The summed E-state index contributed by atoms with van der Waals surface area (Å²) in [6.45, 7) is 4.53. The van der Waals surface area contributed by atoms with Crippen molar-refractivity contribution >= 4 is 23.6 Å². The lowest BCUT2D eigenvalue weighted by Gasteiger charge is -2.21. The van der Waals surface area contributed by atoms with Gasteiger partial charge in [-0.2, -0.15) is 5.26 Å². The van der Waals surface area contributed by atoms with Crippen LogP contribution in [0.1, 0.15) is 13.8 Å². The molecule has 0 saturated carbocycles. The highest BCUT2D eigenvalue weighted by Gasteiger charge is 2.14.